The Bertz CT molecular complexity index is 502. The molecule has 0 unspecified atom stereocenters. The molecule has 0 radical (unpaired) electrons. The van der Waals surface area contributed by atoms with Gasteiger partial charge < -0.3 is 14.8 Å². The molecule has 0 aliphatic heterocycles. The van der Waals surface area contributed by atoms with Crippen LogP contribution in [0.2, 0.25) is 0 Å². The van der Waals surface area contributed by atoms with Gasteiger partial charge in [0.05, 0.1) is 0 Å². The third kappa shape index (κ3) is 2.03. The van der Waals surface area contributed by atoms with Gasteiger partial charge in [0, 0.05) is 18.1 Å². The largest absolute Gasteiger partial charge is 0.508 e. The van der Waals surface area contributed by atoms with E-state index in [-0.39, 0.29) is 12.2 Å². The summed E-state index contributed by atoms with van der Waals surface area (Å²) in [5.74, 6) is -0.298. The van der Waals surface area contributed by atoms with E-state index >= 15 is 0 Å². The predicted molar refractivity (Wildman–Crippen MR) is 56.6 cm³/mol. The molecule has 0 spiro atoms. The highest BCUT2D eigenvalue weighted by molar-refractivity contribution is 5.69. The number of hydrogen-bond acceptors (Lipinski definition) is 3. The number of carboxylic acids is 1. The molecule has 0 aliphatic rings. The van der Waals surface area contributed by atoms with Crippen molar-refractivity contribution < 1.29 is 15.0 Å². The summed E-state index contributed by atoms with van der Waals surface area (Å²) in [6.45, 7) is 0. The summed E-state index contributed by atoms with van der Waals surface area (Å²) in [6, 6.07) is 6.48. The molecule has 5 heteroatoms. The first-order valence-corrected chi connectivity index (χ1v) is 4.70. The van der Waals surface area contributed by atoms with Gasteiger partial charge in [0.15, 0.2) is 0 Å². The van der Waals surface area contributed by atoms with Gasteiger partial charge in [-0.1, -0.05) is 0 Å². The van der Waals surface area contributed by atoms with Crippen LogP contribution in [0.1, 0.15) is 5.82 Å². The van der Waals surface area contributed by atoms with Crippen LogP contribution in [0.25, 0.3) is 5.69 Å². The minimum Gasteiger partial charge on any atom is -0.508 e. The molecule has 0 fully saturated rings. The lowest BCUT2D eigenvalue weighted by Gasteiger charge is -2.06. The molecule has 0 bridgehead atoms. The zero-order valence-electron chi connectivity index (χ0n) is 8.37. The molecule has 0 atom stereocenters. The van der Waals surface area contributed by atoms with Gasteiger partial charge in [0.1, 0.15) is 18.0 Å². The summed E-state index contributed by atoms with van der Waals surface area (Å²) in [7, 11) is 0. The van der Waals surface area contributed by atoms with Gasteiger partial charge in [-0.2, -0.15) is 0 Å². The van der Waals surface area contributed by atoms with Gasteiger partial charge in [-0.15, -0.1) is 0 Å². The molecule has 1 aromatic carbocycles. The Balaban J connectivity index is 2.36. The van der Waals surface area contributed by atoms with Crippen LogP contribution in [0, 0.1) is 0 Å². The number of rotatable bonds is 3. The molecule has 2 N–H and O–H groups in total. The highest BCUT2D eigenvalue weighted by atomic mass is 16.4. The Hall–Kier alpha value is -2.30. The van der Waals surface area contributed by atoms with Crippen LogP contribution in [0.15, 0.2) is 36.7 Å². The topological polar surface area (TPSA) is 75.3 Å². The van der Waals surface area contributed by atoms with Crippen molar-refractivity contribution in [1.82, 2.24) is 9.55 Å². The molecule has 0 saturated heterocycles. The zero-order valence-corrected chi connectivity index (χ0v) is 8.37. The Labute approximate surface area is 91.6 Å². The third-order valence-corrected chi connectivity index (χ3v) is 2.15. The van der Waals surface area contributed by atoms with E-state index in [0.29, 0.717) is 5.82 Å². The lowest BCUT2D eigenvalue weighted by molar-refractivity contribution is -0.136. The molecule has 2 rings (SSSR count). The van der Waals surface area contributed by atoms with Crippen molar-refractivity contribution in [3.63, 3.8) is 0 Å². The molecule has 1 aromatic heterocycles. The van der Waals surface area contributed by atoms with E-state index in [1.165, 1.54) is 0 Å². The van der Waals surface area contributed by atoms with Crippen molar-refractivity contribution in [1.29, 1.82) is 0 Å². The van der Waals surface area contributed by atoms with E-state index in [9.17, 15) is 4.79 Å². The number of aliphatic carboxylic acids is 1. The second kappa shape index (κ2) is 4.06. The number of phenolic OH excluding ortho intramolecular Hbond substituents is 1. The second-order valence-electron chi connectivity index (χ2n) is 3.30. The summed E-state index contributed by atoms with van der Waals surface area (Å²) >= 11 is 0. The van der Waals surface area contributed by atoms with Crippen LogP contribution >= 0.6 is 0 Å². The normalized spacial score (nSPS) is 10.2. The van der Waals surface area contributed by atoms with E-state index in [1.807, 2.05) is 0 Å². The fraction of sp³-hybridized carbons (Fsp3) is 0.0909. The average molecular weight is 218 g/mol. The number of imidazole rings is 1. The smallest absolute Gasteiger partial charge is 0.311 e. The van der Waals surface area contributed by atoms with E-state index in [4.69, 9.17) is 10.2 Å². The molecule has 0 aliphatic carbocycles. The SMILES string of the molecule is O=C(O)Cc1nccn1-c1ccc(O)cc1. The maximum Gasteiger partial charge on any atom is 0.311 e. The summed E-state index contributed by atoms with van der Waals surface area (Å²) in [4.78, 5) is 14.6. The molecule has 0 amide bonds. The molecular formula is C11H10N2O3. The van der Waals surface area contributed by atoms with Crippen molar-refractivity contribution in [2.24, 2.45) is 0 Å². The van der Waals surface area contributed by atoms with Crippen LogP contribution in [0.4, 0.5) is 0 Å². The van der Waals surface area contributed by atoms with Crippen molar-refractivity contribution in [3.05, 3.63) is 42.5 Å². The van der Waals surface area contributed by atoms with Gasteiger partial charge in [0.2, 0.25) is 0 Å². The van der Waals surface area contributed by atoms with Gasteiger partial charge in [0.25, 0.3) is 0 Å². The lowest BCUT2D eigenvalue weighted by Crippen LogP contribution is -2.07. The average Bonchev–Trinajstić information content (AvgIpc) is 2.66. The number of aromatic hydroxyl groups is 1. The highest BCUT2D eigenvalue weighted by Gasteiger charge is 2.08. The maximum absolute atomic E-state index is 10.6. The molecule has 5 nitrogen and oxygen atoms in total. The van der Waals surface area contributed by atoms with E-state index in [1.54, 1.807) is 41.2 Å². The van der Waals surface area contributed by atoms with E-state index in [2.05, 4.69) is 4.98 Å². The van der Waals surface area contributed by atoms with Gasteiger partial charge >= 0.3 is 5.97 Å². The second-order valence-corrected chi connectivity index (χ2v) is 3.30. The summed E-state index contributed by atoms with van der Waals surface area (Å²) in [5, 5.41) is 17.9. The number of carbonyl (C=O) groups is 1. The van der Waals surface area contributed by atoms with Crippen LogP contribution in [-0.4, -0.2) is 25.7 Å². The van der Waals surface area contributed by atoms with Crippen molar-refractivity contribution in [2.75, 3.05) is 0 Å². The van der Waals surface area contributed by atoms with Crippen LogP contribution in [-0.2, 0) is 11.2 Å². The Morgan fingerprint density at radius 1 is 1.31 bits per heavy atom. The number of hydrogen-bond donors (Lipinski definition) is 2. The van der Waals surface area contributed by atoms with Crippen LogP contribution < -0.4 is 0 Å². The van der Waals surface area contributed by atoms with E-state index in [0.717, 1.165) is 5.69 Å². The quantitative estimate of drug-likeness (QED) is 0.811. The molecule has 1 heterocycles. The monoisotopic (exact) mass is 218 g/mol. The Kier molecular flexibility index (Phi) is 2.59. The summed E-state index contributed by atoms with van der Waals surface area (Å²) < 4.78 is 1.67. The Morgan fingerprint density at radius 2 is 2.00 bits per heavy atom. The maximum atomic E-state index is 10.6. The number of aromatic nitrogens is 2. The zero-order chi connectivity index (χ0) is 11.5. The summed E-state index contributed by atoms with van der Waals surface area (Å²) in [6.07, 6.45) is 3.10. The van der Waals surface area contributed by atoms with E-state index < -0.39 is 5.97 Å². The molecule has 82 valence electrons. The standard InChI is InChI=1S/C11H10N2O3/c14-9-3-1-8(2-4-9)13-6-5-12-10(13)7-11(15)16/h1-6,14H,7H2,(H,15,16). The first kappa shape index (κ1) is 10.2. The first-order valence-electron chi connectivity index (χ1n) is 4.70. The summed E-state index contributed by atoms with van der Waals surface area (Å²) in [5.41, 5.74) is 0.770. The number of phenols is 1. The fourth-order valence-electron chi connectivity index (χ4n) is 1.45. The number of nitrogens with zero attached hydrogens (tertiary/aromatic N) is 2. The lowest BCUT2D eigenvalue weighted by atomic mass is 10.3. The first-order chi connectivity index (χ1) is 7.66. The van der Waals surface area contributed by atoms with Crippen molar-refractivity contribution in [3.8, 4) is 11.4 Å². The van der Waals surface area contributed by atoms with Gasteiger partial charge in [-0.05, 0) is 24.3 Å². The van der Waals surface area contributed by atoms with Crippen LogP contribution in [0.5, 0.6) is 5.75 Å². The molecule has 0 saturated carbocycles. The van der Waals surface area contributed by atoms with Gasteiger partial charge in [-0.3, -0.25) is 4.79 Å². The van der Waals surface area contributed by atoms with Crippen molar-refractivity contribution >= 4 is 5.97 Å². The minimum absolute atomic E-state index is 0.131. The minimum atomic E-state index is -0.925. The predicted octanol–water partition coefficient (Wildman–Crippen LogP) is 1.20. The number of benzene rings is 1. The fourth-order valence-corrected chi connectivity index (χ4v) is 1.45. The molecule has 2 aromatic rings. The van der Waals surface area contributed by atoms with Crippen LogP contribution in [0.3, 0.4) is 0 Å². The molecular weight excluding hydrogens is 208 g/mol. The Morgan fingerprint density at radius 3 is 2.62 bits per heavy atom. The third-order valence-electron chi connectivity index (χ3n) is 2.15. The van der Waals surface area contributed by atoms with Gasteiger partial charge in [-0.25, -0.2) is 4.98 Å². The molecule has 16 heavy (non-hydrogen) atoms. The number of carboxylic acid groups (broad SMARTS) is 1. The highest BCUT2D eigenvalue weighted by Crippen LogP contribution is 2.15. The van der Waals surface area contributed by atoms with Crippen molar-refractivity contribution in [2.45, 2.75) is 6.42 Å².